The summed E-state index contributed by atoms with van der Waals surface area (Å²) in [7, 11) is 1.34. The number of carbonyl (C=O) groups is 1. The molecule has 0 aliphatic carbocycles. The summed E-state index contributed by atoms with van der Waals surface area (Å²) >= 11 is 0. The topological polar surface area (TPSA) is 57.3 Å². The van der Waals surface area contributed by atoms with Crippen LogP contribution in [0.3, 0.4) is 0 Å². The third-order valence-electron chi connectivity index (χ3n) is 3.78. The van der Waals surface area contributed by atoms with Crippen molar-refractivity contribution in [1.29, 1.82) is 0 Å². The van der Waals surface area contributed by atoms with Crippen LogP contribution in [0.25, 0.3) is 28.1 Å². The van der Waals surface area contributed by atoms with Crippen molar-refractivity contribution in [3.05, 3.63) is 72.4 Å². The van der Waals surface area contributed by atoms with Gasteiger partial charge >= 0.3 is 5.97 Å². The van der Waals surface area contributed by atoms with Gasteiger partial charge in [-0.25, -0.2) is 9.48 Å². The lowest BCUT2D eigenvalue weighted by Gasteiger charge is -2.04. The molecule has 0 unspecified atom stereocenters. The summed E-state index contributed by atoms with van der Waals surface area (Å²) in [5.74, 6) is 0.157. The number of para-hydroxylation sites is 2. The first-order valence-corrected chi connectivity index (χ1v) is 7.49. The summed E-state index contributed by atoms with van der Waals surface area (Å²) < 4.78 is 12.4. The van der Waals surface area contributed by atoms with Gasteiger partial charge in [-0.05, 0) is 24.3 Å². The summed E-state index contributed by atoms with van der Waals surface area (Å²) in [6.45, 7) is 0. The zero-order chi connectivity index (χ0) is 16.5. The van der Waals surface area contributed by atoms with Gasteiger partial charge in [0.15, 0.2) is 11.5 Å². The number of benzene rings is 2. The Balaban J connectivity index is 1.92. The first kappa shape index (κ1) is 14.3. The molecule has 0 saturated carbocycles. The van der Waals surface area contributed by atoms with Gasteiger partial charge in [0, 0.05) is 11.5 Å². The third-order valence-corrected chi connectivity index (χ3v) is 3.78. The number of hydrogen-bond donors (Lipinski definition) is 0. The number of ether oxygens (including phenoxy) is 1. The molecule has 2 aromatic heterocycles. The van der Waals surface area contributed by atoms with Gasteiger partial charge in [0.05, 0.1) is 12.8 Å². The monoisotopic (exact) mass is 318 g/mol. The lowest BCUT2D eigenvalue weighted by atomic mass is 10.2. The van der Waals surface area contributed by atoms with Crippen molar-refractivity contribution in [2.45, 2.75) is 0 Å². The molecule has 4 rings (SSSR count). The van der Waals surface area contributed by atoms with Crippen LogP contribution in [0.15, 0.2) is 71.1 Å². The van der Waals surface area contributed by atoms with Crippen LogP contribution < -0.4 is 0 Å². The van der Waals surface area contributed by atoms with Crippen LogP contribution in [0.4, 0.5) is 0 Å². The lowest BCUT2D eigenvalue weighted by Crippen LogP contribution is -2.04. The minimum absolute atomic E-state index is 0.233. The third kappa shape index (κ3) is 2.36. The Morgan fingerprint density at radius 2 is 1.79 bits per heavy atom. The van der Waals surface area contributed by atoms with Crippen LogP contribution in [-0.4, -0.2) is 22.9 Å². The Morgan fingerprint density at radius 3 is 2.54 bits per heavy atom. The maximum absolute atomic E-state index is 11.9. The summed E-state index contributed by atoms with van der Waals surface area (Å²) in [5, 5.41) is 5.37. The Labute approximate surface area is 138 Å². The first-order chi connectivity index (χ1) is 11.8. The van der Waals surface area contributed by atoms with Crippen molar-refractivity contribution >= 4 is 16.9 Å². The van der Waals surface area contributed by atoms with Gasteiger partial charge in [0.25, 0.3) is 0 Å². The van der Waals surface area contributed by atoms with E-state index in [2.05, 4.69) is 5.10 Å². The van der Waals surface area contributed by atoms with E-state index >= 15 is 0 Å². The summed E-state index contributed by atoms with van der Waals surface area (Å²) in [4.78, 5) is 11.9. The molecule has 0 spiro atoms. The molecule has 0 amide bonds. The second-order valence-electron chi connectivity index (χ2n) is 5.30. The van der Waals surface area contributed by atoms with Crippen LogP contribution in [-0.2, 0) is 4.74 Å². The molecule has 118 valence electrons. The fraction of sp³-hybridized carbons (Fsp3) is 0.0526. The van der Waals surface area contributed by atoms with Gasteiger partial charge in [-0.2, -0.15) is 5.10 Å². The molecular weight excluding hydrogens is 304 g/mol. The van der Waals surface area contributed by atoms with Crippen LogP contribution >= 0.6 is 0 Å². The fourth-order valence-electron chi connectivity index (χ4n) is 2.64. The Bertz CT molecular complexity index is 982. The highest BCUT2D eigenvalue weighted by Crippen LogP contribution is 2.30. The van der Waals surface area contributed by atoms with E-state index in [1.54, 1.807) is 10.7 Å². The average Bonchev–Trinajstić information content (AvgIpc) is 3.25. The zero-order valence-electron chi connectivity index (χ0n) is 13.0. The number of fused-ring (bicyclic) bond motifs is 1. The van der Waals surface area contributed by atoms with Gasteiger partial charge in [0.2, 0.25) is 0 Å². The normalized spacial score (nSPS) is 10.9. The molecule has 24 heavy (non-hydrogen) atoms. The molecule has 5 nitrogen and oxygen atoms in total. The summed E-state index contributed by atoms with van der Waals surface area (Å²) in [6, 6.07) is 21.0. The quantitative estimate of drug-likeness (QED) is 0.534. The first-order valence-electron chi connectivity index (χ1n) is 7.49. The smallest absolute Gasteiger partial charge is 0.358 e. The molecule has 0 N–H and O–H groups in total. The van der Waals surface area contributed by atoms with Gasteiger partial charge in [-0.15, -0.1) is 0 Å². The van der Waals surface area contributed by atoms with Crippen molar-refractivity contribution in [3.63, 3.8) is 0 Å². The largest absolute Gasteiger partial charge is 0.464 e. The molecule has 5 heteroatoms. The van der Waals surface area contributed by atoms with Crippen LogP contribution in [0.5, 0.6) is 0 Å². The Hall–Kier alpha value is -3.34. The van der Waals surface area contributed by atoms with Gasteiger partial charge in [-0.1, -0.05) is 36.4 Å². The predicted octanol–water partition coefficient (Wildman–Crippen LogP) is 4.07. The number of aromatic nitrogens is 2. The van der Waals surface area contributed by atoms with Crippen molar-refractivity contribution in [1.82, 2.24) is 9.78 Å². The van der Waals surface area contributed by atoms with E-state index in [1.165, 1.54) is 7.11 Å². The molecule has 0 bridgehead atoms. The number of carbonyl (C=O) groups excluding carboxylic acids is 1. The zero-order valence-corrected chi connectivity index (χ0v) is 13.0. The highest BCUT2D eigenvalue weighted by Gasteiger charge is 2.19. The van der Waals surface area contributed by atoms with Crippen molar-refractivity contribution in [3.8, 4) is 17.1 Å². The fourth-order valence-corrected chi connectivity index (χ4v) is 2.64. The standard InChI is InChI=1S/C19H14N2O3/c1-23-19(22)15-12-16(21(20-15)14-8-3-2-4-9-14)18-11-13-7-5-6-10-17(13)24-18/h2-12H,1H3. The van der Waals surface area contributed by atoms with Crippen LogP contribution in [0.1, 0.15) is 10.5 Å². The Kier molecular flexibility index (Phi) is 3.39. The molecule has 0 aliphatic rings. The maximum Gasteiger partial charge on any atom is 0.358 e. The SMILES string of the molecule is COC(=O)c1cc(-c2cc3ccccc3o2)n(-c2ccccc2)n1. The molecule has 4 aromatic rings. The molecule has 2 heterocycles. The van der Waals surface area contributed by atoms with E-state index < -0.39 is 5.97 Å². The summed E-state index contributed by atoms with van der Waals surface area (Å²) in [6.07, 6.45) is 0. The highest BCUT2D eigenvalue weighted by atomic mass is 16.5. The number of hydrogen-bond acceptors (Lipinski definition) is 4. The maximum atomic E-state index is 11.9. The number of nitrogens with zero attached hydrogens (tertiary/aromatic N) is 2. The minimum Gasteiger partial charge on any atom is -0.464 e. The number of esters is 1. The number of furan rings is 1. The van der Waals surface area contributed by atoms with Gasteiger partial charge in [0.1, 0.15) is 11.3 Å². The highest BCUT2D eigenvalue weighted by molar-refractivity contribution is 5.89. The van der Waals surface area contributed by atoms with Gasteiger partial charge < -0.3 is 9.15 Å². The predicted molar refractivity (Wildman–Crippen MR) is 90.1 cm³/mol. The molecule has 0 radical (unpaired) electrons. The van der Waals surface area contributed by atoms with Crippen LogP contribution in [0, 0.1) is 0 Å². The second-order valence-corrected chi connectivity index (χ2v) is 5.30. The molecular formula is C19H14N2O3. The molecule has 0 saturated heterocycles. The molecule has 0 aliphatic heterocycles. The Morgan fingerprint density at radius 1 is 1.04 bits per heavy atom. The van der Waals surface area contributed by atoms with Crippen molar-refractivity contribution < 1.29 is 13.9 Å². The molecule has 2 aromatic carbocycles. The summed E-state index contributed by atoms with van der Waals surface area (Å²) in [5.41, 5.74) is 2.55. The van der Waals surface area contributed by atoms with E-state index in [9.17, 15) is 4.79 Å². The van der Waals surface area contributed by atoms with Crippen LogP contribution in [0.2, 0.25) is 0 Å². The molecule has 0 fully saturated rings. The van der Waals surface area contributed by atoms with E-state index in [0.717, 1.165) is 16.7 Å². The number of methoxy groups -OCH3 is 1. The van der Waals surface area contributed by atoms with Crippen molar-refractivity contribution in [2.75, 3.05) is 7.11 Å². The van der Waals surface area contributed by atoms with Crippen molar-refractivity contribution in [2.24, 2.45) is 0 Å². The van der Waals surface area contributed by atoms with E-state index in [-0.39, 0.29) is 5.69 Å². The number of rotatable bonds is 3. The average molecular weight is 318 g/mol. The molecule has 0 atom stereocenters. The minimum atomic E-state index is -0.484. The van der Waals surface area contributed by atoms with E-state index in [4.69, 9.17) is 9.15 Å². The van der Waals surface area contributed by atoms with E-state index in [1.807, 2.05) is 60.7 Å². The second kappa shape index (κ2) is 5.70. The van der Waals surface area contributed by atoms with E-state index in [0.29, 0.717) is 11.5 Å². The van der Waals surface area contributed by atoms with Gasteiger partial charge in [-0.3, -0.25) is 0 Å². The lowest BCUT2D eigenvalue weighted by molar-refractivity contribution is 0.0593.